The third kappa shape index (κ3) is 10.3. The molecule has 2 saturated heterocycles. The van der Waals surface area contributed by atoms with Crippen LogP contribution in [0.1, 0.15) is 46.9 Å². The van der Waals surface area contributed by atoms with E-state index >= 15 is 8.78 Å². The van der Waals surface area contributed by atoms with E-state index in [0.29, 0.717) is 86.2 Å². The number of nitrogens with one attached hydrogen (secondary N) is 2. The molecule has 0 saturated carbocycles. The summed E-state index contributed by atoms with van der Waals surface area (Å²) in [6.45, 7) is 4.00. The third-order valence-electron chi connectivity index (χ3n) is 11.5. The molecule has 2 aliphatic heterocycles. The molecule has 21 heteroatoms. The topological polar surface area (TPSA) is 219 Å². The Labute approximate surface area is 376 Å². The standard InChI is InChI=1S/C45H45F2N9O9S/c1-54-39-27-48-13-10-33(39)43(58)56(45(54)60)40-9-3-28(24-49-40)2-8-37(44(59)65-21-16-55-14-19-64-20-15-55)52-42(57)34-22-36(47)38(23-35(34)46)53-66(61,62)32-6-4-29(5-7-32)31-25-50-41(51-26-31)30-11-17-63-18-12-30/h3-7,9-10,13,22-27,30,37,53H,2,8,11-12,14-21H2,1H3,(H,52,57)/t37-/m0/s1. The number of pyridine rings is 2. The smallest absolute Gasteiger partial charge is 0.337 e. The predicted octanol–water partition coefficient (Wildman–Crippen LogP) is 3.52. The number of aryl methyl sites for hydroxylation is 2. The molecular weight excluding hydrogens is 881 g/mol. The fraction of sp³-hybridized carbons (Fsp3) is 0.333. The fourth-order valence-electron chi connectivity index (χ4n) is 7.67. The van der Waals surface area contributed by atoms with Gasteiger partial charge in [0.1, 0.15) is 35.9 Å². The van der Waals surface area contributed by atoms with Crippen molar-refractivity contribution >= 4 is 38.5 Å². The highest BCUT2D eigenvalue weighted by molar-refractivity contribution is 7.92. The van der Waals surface area contributed by atoms with Crippen molar-refractivity contribution in [2.45, 2.75) is 42.5 Å². The van der Waals surface area contributed by atoms with Crippen LogP contribution in [0.3, 0.4) is 0 Å². The first-order valence-electron chi connectivity index (χ1n) is 21.2. The van der Waals surface area contributed by atoms with Crippen LogP contribution in [0, 0.1) is 11.6 Å². The number of esters is 1. The second-order valence-corrected chi connectivity index (χ2v) is 17.4. The maximum Gasteiger partial charge on any atom is 0.337 e. The maximum atomic E-state index is 15.6. The lowest BCUT2D eigenvalue weighted by Gasteiger charge is -2.26. The maximum absolute atomic E-state index is 15.6. The molecule has 0 bridgehead atoms. The first-order valence-corrected chi connectivity index (χ1v) is 22.7. The third-order valence-corrected chi connectivity index (χ3v) is 12.9. The van der Waals surface area contributed by atoms with Gasteiger partial charge < -0.3 is 19.5 Å². The van der Waals surface area contributed by atoms with Crippen LogP contribution < -0.4 is 21.3 Å². The number of nitrogens with zero attached hydrogens (tertiary/aromatic N) is 7. The highest BCUT2D eigenvalue weighted by Crippen LogP contribution is 2.28. The Balaban J connectivity index is 0.945. The molecule has 0 unspecified atom stereocenters. The summed E-state index contributed by atoms with van der Waals surface area (Å²) in [5.41, 5.74) is -0.572. The molecule has 18 nitrogen and oxygen atoms in total. The average molecular weight is 926 g/mol. The number of hydrogen-bond donors (Lipinski definition) is 2. The Morgan fingerprint density at radius 1 is 0.879 bits per heavy atom. The Kier molecular flexibility index (Phi) is 14.0. The Bertz CT molecular complexity index is 2960. The first kappa shape index (κ1) is 45.7. The molecule has 6 heterocycles. The van der Waals surface area contributed by atoms with Crippen LogP contribution in [-0.4, -0.2) is 113 Å². The molecule has 2 aromatic carbocycles. The number of aromatic nitrogens is 6. The number of carbonyl (C=O) groups is 2. The van der Waals surface area contributed by atoms with E-state index in [1.165, 1.54) is 66.6 Å². The predicted molar refractivity (Wildman–Crippen MR) is 236 cm³/mol. The van der Waals surface area contributed by atoms with Crippen molar-refractivity contribution in [1.29, 1.82) is 0 Å². The lowest BCUT2D eigenvalue weighted by molar-refractivity contribution is -0.146. The molecular formula is C45H45F2N9O9S. The number of halogens is 2. The second-order valence-electron chi connectivity index (χ2n) is 15.7. The van der Waals surface area contributed by atoms with Crippen LogP contribution >= 0.6 is 0 Å². The number of benzene rings is 2. The molecule has 0 spiro atoms. The number of morpholine rings is 1. The number of anilines is 1. The second kappa shape index (κ2) is 20.1. The Hall–Kier alpha value is -6.81. The van der Waals surface area contributed by atoms with Gasteiger partial charge >= 0.3 is 11.7 Å². The minimum atomic E-state index is -4.43. The summed E-state index contributed by atoms with van der Waals surface area (Å²) in [5.74, 6) is -3.55. The summed E-state index contributed by atoms with van der Waals surface area (Å²) >= 11 is 0. The average Bonchev–Trinajstić information content (AvgIpc) is 3.34. The number of hydrogen-bond acceptors (Lipinski definition) is 14. The van der Waals surface area contributed by atoms with Gasteiger partial charge in [0.25, 0.3) is 21.5 Å². The van der Waals surface area contributed by atoms with Gasteiger partial charge in [-0.25, -0.2) is 46.3 Å². The van der Waals surface area contributed by atoms with Gasteiger partial charge in [-0.2, -0.15) is 0 Å². The lowest BCUT2D eigenvalue weighted by atomic mass is 9.99. The number of rotatable bonds is 15. The molecule has 0 aliphatic carbocycles. The number of sulfonamides is 1. The zero-order chi connectivity index (χ0) is 46.4. The molecule has 0 radical (unpaired) electrons. The molecule has 1 amide bonds. The molecule has 1 atom stereocenters. The van der Waals surface area contributed by atoms with Crippen molar-refractivity contribution < 1.29 is 41.0 Å². The summed E-state index contributed by atoms with van der Waals surface area (Å²) < 4.78 is 78.4. The molecule has 6 aromatic rings. The van der Waals surface area contributed by atoms with E-state index in [1.807, 2.05) is 4.90 Å². The van der Waals surface area contributed by atoms with E-state index in [9.17, 15) is 27.6 Å². The van der Waals surface area contributed by atoms with Crippen LogP contribution in [0.2, 0.25) is 0 Å². The van der Waals surface area contributed by atoms with Crippen molar-refractivity contribution in [3.05, 3.63) is 135 Å². The number of ether oxygens (including phenoxy) is 3. The fourth-order valence-corrected chi connectivity index (χ4v) is 8.73. The quantitative estimate of drug-likeness (QED) is 0.141. The van der Waals surface area contributed by atoms with Crippen molar-refractivity contribution in [3.8, 4) is 16.9 Å². The molecule has 2 fully saturated rings. The Morgan fingerprint density at radius 3 is 2.32 bits per heavy atom. The van der Waals surface area contributed by atoms with Gasteiger partial charge in [0.15, 0.2) is 0 Å². The lowest BCUT2D eigenvalue weighted by Crippen LogP contribution is -2.44. The van der Waals surface area contributed by atoms with E-state index in [4.69, 9.17) is 14.2 Å². The monoisotopic (exact) mass is 925 g/mol. The van der Waals surface area contributed by atoms with Crippen LogP contribution in [-0.2, 0) is 42.5 Å². The molecule has 4 aromatic heterocycles. The summed E-state index contributed by atoms with van der Waals surface area (Å²) in [7, 11) is -2.93. The van der Waals surface area contributed by atoms with E-state index in [1.54, 1.807) is 18.5 Å². The van der Waals surface area contributed by atoms with Gasteiger partial charge in [0.2, 0.25) is 0 Å². The van der Waals surface area contributed by atoms with Gasteiger partial charge in [-0.05, 0) is 67.1 Å². The van der Waals surface area contributed by atoms with Gasteiger partial charge in [-0.1, -0.05) is 18.2 Å². The van der Waals surface area contributed by atoms with Gasteiger partial charge in [0.05, 0.1) is 46.5 Å². The summed E-state index contributed by atoms with van der Waals surface area (Å²) in [6, 6.07) is 9.97. The van der Waals surface area contributed by atoms with Crippen LogP contribution in [0.25, 0.3) is 27.8 Å². The van der Waals surface area contributed by atoms with Crippen molar-refractivity contribution in [3.63, 3.8) is 0 Å². The summed E-state index contributed by atoms with van der Waals surface area (Å²) in [4.78, 5) is 72.5. The first-order chi connectivity index (χ1) is 31.9. The van der Waals surface area contributed by atoms with Gasteiger partial charge in [-0.15, -0.1) is 0 Å². The molecule has 8 rings (SSSR count). The molecule has 2 N–H and O–H groups in total. The number of fused-ring (bicyclic) bond motifs is 1. The van der Waals surface area contributed by atoms with Gasteiger partial charge in [0, 0.05) is 82.2 Å². The molecule has 2 aliphatic rings. The summed E-state index contributed by atoms with van der Waals surface area (Å²) in [6.07, 6.45) is 9.27. The van der Waals surface area contributed by atoms with Crippen LogP contribution in [0.5, 0.6) is 0 Å². The van der Waals surface area contributed by atoms with Crippen LogP contribution in [0.15, 0.2) is 100 Å². The normalized spacial score (nSPS) is 15.3. The van der Waals surface area contributed by atoms with Gasteiger partial charge in [-0.3, -0.25) is 28.8 Å². The van der Waals surface area contributed by atoms with E-state index < -0.39 is 62.1 Å². The van der Waals surface area contributed by atoms with Crippen LogP contribution in [0.4, 0.5) is 14.5 Å². The zero-order valence-electron chi connectivity index (χ0n) is 35.7. The van der Waals surface area contributed by atoms with E-state index in [-0.39, 0.29) is 41.5 Å². The minimum absolute atomic E-state index is 0.0219. The number of carbonyl (C=O) groups excluding carboxylic acids is 2. The zero-order valence-corrected chi connectivity index (χ0v) is 36.5. The summed E-state index contributed by atoms with van der Waals surface area (Å²) in [5, 5.41) is 2.71. The largest absolute Gasteiger partial charge is 0.463 e. The minimum Gasteiger partial charge on any atom is -0.463 e. The number of amides is 1. The Morgan fingerprint density at radius 2 is 1.61 bits per heavy atom. The van der Waals surface area contributed by atoms with E-state index in [2.05, 4.69) is 30.0 Å². The SMILES string of the molecule is Cn1c(=O)n(-c2ccc(CC[C@H](NC(=O)c3cc(F)c(NS(=O)(=O)c4ccc(-c5cnc(C6CCOCC6)nc5)cc4)cc3F)C(=O)OCCN3CCOCC3)cn2)c(=O)c2ccncc21. The highest BCUT2D eigenvalue weighted by Gasteiger charge is 2.27. The van der Waals surface area contributed by atoms with E-state index in [0.717, 1.165) is 17.4 Å². The molecule has 66 heavy (non-hydrogen) atoms. The van der Waals surface area contributed by atoms with Crippen molar-refractivity contribution in [1.82, 2.24) is 39.3 Å². The van der Waals surface area contributed by atoms with Crippen molar-refractivity contribution in [2.75, 3.05) is 57.4 Å². The van der Waals surface area contributed by atoms with Crippen molar-refractivity contribution in [2.24, 2.45) is 7.05 Å². The molecule has 344 valence electrons. The highest BCUT2D eigenvalue weighted by atomic mass is 32.2.